The summed E-state index contributed by atoms with van der Waals surface area (Å²) in [7, 11) is -3.27. The van der Waals surface area contributed by atoms with E-state index in [1.807, 2.05) is 36.4 Å². The molecule has 2 rings (SSSR count). The van der Waals surface area contributed by atoms with E-state index in [-0.39, 0.29) is 0 Å². The molecule has 0 spiro atoms. The molecule has 0 aliphatic rings. The van der Waals surface area contributed by atoms with Crippen LogP contribution in [0.5, 0.6) is 0 Å². The first-order valence-corrected chi connectivity index (χ1v) is 6.93. The molecule has 0 amide bonds. The van der Waals surface area contributed by atoms with E-state index in [0.29, 0.717) is 5.82 Å². The molecule has 0 unspecified atom stereocenters. The van der Waals surface area contributed by atoms with E-state index in [1.54, 1.807) is 12.3 Å². The minimum atomic E-state index is -3.27. The van der Waals surface area contributed by atoms with Crippen molar-refractivity contribution in [3.05, 3.63) is 48.7 Å². The molecule has 1 N–H and O–H groups in total. The Hall–Kier alpha value is -1.88. The first kappa shape index (κ1) is 11.6. The molecule has 0 atom stereocenters. The number of pyridine rings is 1. The fourth-order valence-corrected chi connectivity index (χ4v) is 1.95. The highest BCUT2D eigenvalue weighted by Gasteiger charge is 2.03. The summed E-state index contributed by atoms with van der Waals surface area (Å²) in [6.45, 7) is 0. The maximum atomic E-state index is 11.0. The fraction of sp³-hybridized carbons (Fsp3) is 0.0833. The van der Waals surface area contributed by atoms with Crippen LogP contribution in [0.4, 0.5) is 5.82 Å². The van der Waals surface area contributed by atoms with Crippen molar-refractivity contribution >= 4 is 15.8 Å². The Balaban J connectivity index is 2.25. The van der Waals surface area contributed by atoms with Crippen LogP contribution in [0.1, 0.15) is 0 Å². The van der Waals surface area contributed by atoms with E-state index in [4.69, 9.17) is 0 Å². The van der Waals surface area contributed by atoms with Crippen molar-refractivity contribution in [2.24, 2.45) is 0 Å². The molecule has 1 aromatic carbocycles. The van der Waals surface area contributed by atoms with Crippen molar-refractivity contribution in [2.75, 3.05) is 11.0 Å². The van der Waals surface area contributed by atoms with E-state index in [2.05, 4.69) is 9.71 Å². The molecule has 5 heteroatoms. The Bertz CT molecular complexity index is 592. The van der Waals surface area contributed by atoms with Gasteiger partial charge < -0.3 is 0 Å². The SMILES string of the molecule is CS(=O)(=O)Nc1ccc(-c2ccccc2)cn1. The van der Waals surface area contributed by atoms with Crippen LogP contribution in [0, 0.1) is 0 Å². The zero-order valence-corrected chi connectivity index (χ0v) is 10.1. The van der Waals surface area contributed by atoms with Crippen molar-refractivity contribution in [2.45, 2.75) is 0 Å². The fourth-order valence-electron chi connectivity index (χ4n) is 1.45. The largest absolute Gasteiger partial charge is 0.268 e. The molecular weight excluding hydrogens is 236 g/mol. The second-order valence-electron chi connectivity index (χ2n) is 3.67. The van der Waals surface area contributed by atoms with Crippen LogP contribution in [-0.4, -0.2) is 19.7 Å². The number of nitrogens with one attached hydrogen (secondary N) is 1. The van der Waals surface area contributed by atoms with Gasteiger partial charge in [0.05, 0.1) is 6.26 Å². The lowest BCUT2D eigenvalue weighted by atomic mass is 10.1. The standard InChI is InChI=1S/C12H12N2O2S/c1-17(15,16)14-12-8-7-11(9-13-12)10-5-3-2-4-6-10/h2-9H,1H3,(H,13,14). The Morgan fingerprint density at radius 2 is 1.71 bits per heavy atom. The number of sulfonamides is 1. The van der Waals surface area contributed by atoms with E-state index < -0.39 is 10.0 Å². The van der Waals surface area contributed by atoms with Gasteiger partial charge in [0.25, 0.3) is 0 Å². The Kier molecular flexibility index (Phi) is 3.10. The maximum absolute atomic E-state index is 11.0. The van der Waals surface area contributed by atoms with Gasteiger partial charge in [0.1, 0.15) is 5.82 Å². The molecule has 2 aromatic rings. The molecule has 17 heavy (non-hydrogen) atoms. The van der Waals surface area contributed by atoms with Gasteiger partial charge in [-0.3, -0.25) is 4.72 Å². The summed E-state index contributed by atoms with van der Waals surface area (Å²) in [6.07, 6.45) is 2.74. The first-order chi connectivity index (χ1) is 8.04. The lowest BCUT2D eigenvalue weighted by Gasteiger charge is -2.04. The van der Waals surface area contributed by atoms with Gasteiger partial charge in [0.2, 0.25) is 10.0 Å². The topological polar surface area (TPSA) is 59.1 Å². The predicted molar refractivity (Wildman–Crippen MR) is 68.1 cm³/mol. The summed E-state index contributed by atoms with van der Waals surface area (Å²) in [5, 5.41) is 0. The molecule has 88 valence electrons. The minimum Gasteiger partial charge on any atom is -0.268 e. The number of rotatable bonds is 3. The molecule has 0 radical (unpaired) electrons. The number of aromatic nitrogens is 1. The number of benzene rings is 1. The third-order valence-electron chi connectivity index (χ3n) is 2.16. The number of hydrogen-bond donors (Lipinski definition) is 1. The lowest BCUT2D eigenvalue weighted by Crippen LogP contribution is -2.10. The maximum Gasteiger partial charge on any atom is 0.230 e. The molecular formula is C12H12N2O2S. The normalized spacial score (nSPS) is 11.1. The molecule has 0 saturated carbocycles. The quantitative estimate of drug-likeness (QED) is 0.905. The minimum absolute atomic E-state index is 0.326. The van der Waals surface area contributed by atoms with Gasteiger partial charge in [-0.25, -0.2) is 13.4 Å². The van der Waals surface area contributed by atoms with Crippen LogP contribution < -0.4 is 4.72 Å². The van der Waals surface area contributed by atoms with Gasteiger partial charge in [-0.15, -0.1) is 0 Å². The summed E-state index contributed by atoms with van der Waals surface area (Å²) in [5.41, 5.74) is 2.00. The average Bonchev–Trinajstić information content (AvgIpc) is 2.29. The van der Waals surface area contributed by atoms with E-state index in [0.717, 1.165) is 17.4 Å². The zero-order valence-electron chi connectivity index (χ0n) is 9.29. The number of anilines is 1. The highest BCUT2D eigenvalue weighted by atomic mass is 32.2. The summed E-state index contributed by atoms with van der Waals surface area (Å²) in [4.78, 5) is 4.05. The third kappa shape index (κ3) is 3.29. The third-order valence-corrected chi connectivity index (χ3v) is 2.74. The molecule has 1 heterocycles. The molecule has 0 fully saturated rings. The van der Waals surface area contributed by atoms with Crippen LogP contribution in [-0.2, 0) is 10.0 Å². The van der Waals surface area contributed by atoms with E-state index in [9.17, 15) is 8.42 Å². The average molecular weight is 248 g/mol. The van der Waals surface area contributed by atoms with Crippen LogP contribution >= 0.6 is 0 Å². The Morgan fingerprint density at radius 3 is 2.24 bits per heavy atom. The van der Waals surface area contributed by atoms with Crippen molar-refractivity contribution in [3.63, 3.8) is 0 Å². The summed E-state index contributed by atoms with van der Waals surface area (Å²) in [6, 6.07) is 13.2. The van der Waals surface area contributed by atoms with Gasteiger partial charge in [-0.05, 0) is 17.7 Å². The van der Waals surface area contributed by atoms with Gasteiger partial charge in [-0.2, -0.15) is 0 Å². The summed E-state index contributed by atoms with van der Waals surface area (Å²) >= 11 is 0. The van der Waals surface area contributed by atoms with Gasteiger partial charge in [-0.1, -0.05) is 30.3 Å². The van der Waals surface area contributed by atoms with Crippen LogP contribution in [0.15, 0.2) is 48.7 Å². The van der Waals surface area contributed by atoms with Gasteiger partial charge >= 0.3 is 0 Å². The predicted octanol–water partition coefficient (Wildman–Crippen LogP) is 2.12. The molecule has 0 aliphatic heterocycles. The number of hydrogen-bond acceptors (Lipinski definition) is 3. The zero-order chi connectivity index (χ0) is 12.3. The number of nitrogens with zero attached hydrogens (tertiary/aromatic N) is 1. The Labute approximate surface area is 100 Å². The smallest absolute Gasteiger partial charge is 0.230 e. The van der Waals surface area contributed by atoms with Gasteiger partial charge in [0, 0.05) is 11.8 Å². The lowest BCUT2D eigenvalue weighted by molar-refractivity contribution is 0.606. The van der Waals surface area contributed by atoms with Gasteiger partial charge in [0.15, 0.2) is 0 Å². The van der Waals surface area contributed by atoms with Crippen molar-refractivity contribution in [1.82, 2.24) is 4.98 Å². The molecule has 0 saturated heterocycles. The highest BCUT2D eigenvalue weighted by Crippen LogP contribution is 2.19. The molecule has 4 nitrogen and oxygen atoms in total. The van der Waals surface area contributed by atoms with Crippen LogP contribution in [0.25, 0.3) is 11.1 Å². The highest BCUT2D eigenvalue weighted by molar-refractivity contribution is 7.92. The summed E-state index contributed by atoms with van der Waals surface area (Å²) < 4.78 is 24.3. The van der Waals surface area contributed by atoms with Crippen LogP contribution in [0.3, 0.4) is 0 Å². The second-order valence-corrected chi connectivity index (χ2v) is 5.42. The van der Waals surface area contributed by atoms with Crippen molar-refractivity contribution < 1.29 is 8.42 Å². The Morgan fingerprint density at radius 1 is 1.00 bits per heavy atom. The van der Waals surface area contributed by atoms with Crippen molar-refractivity contribution in [3.8, 4) is 11.1 Å². The first-order valence-electron chi connectivity index (χ1n) is 5.04. The van der Waals surface area contributed by atoms with Crippen LogP contribution in [0.2, 0.25) is 0 Å². The second kappa shape index (κ2) is 4.55. The molecule has 0 bridgehead atoms. The monoisotopic (exact) mass is 248 g/mol. The van der Waals surface area contributed by atoms with Crippen molar-refractivity contribution in [1.29, 1.82) is 0 Å². The summed E-state index contributed by atoms with van der Waals surface area (Å²) in [5.74, 6) is 0.326. The molecule has 1 aromatic heterocycles. The van der Waals surface area contributed by atoms with E-state index >= 15 is 0 Å². The van der Waals surface area contributed by atoms with E-state index in [1.165, 1.54) is 0 Å². The molecule has 0 aliphatic carbocycles.